The predicted octanol–water partition coefficient (Wildman–Crippen LogP) is 3.81. The Balaban J connectivity index is 2.11. The summed E-state index contributed by atoms with van der Waals surface area (Å²) in [5.41, 5.74) is 1.67. The number of carbonyl (C=O) groups is 2. The number of aryl methyl sites for hydroxylation is 1. The third kappa shape index (κ3) is 5.02. The number of likely N-dealkylation sites (tertiary alicyclic amines) is 1. The van der Waals surface area contributed by atoms with Gasteiger partial charge in [0, 0.05) is 19.2 Å². The van der Waals surface area contributed by atoms with E-state index in [1.165, 1.54) is 25.2 Å². The summed E-state index contributed by atoms with van der Waals surface area (Å²) < 4.78 is 16.1. The van der Waals surface area contributed by atoms with E-state index in [2.05, 4.69) is 13.8 Å². The highest BCUT2D eigenvalue weighted by Gasteiger charge is 2.46. The standard InChI is InChI=1S/C26H31NO7/c1-15(2)14-34-20-9-7-18(12-16(20)3)24(29)22-23(17-6-8-19(28)21(13-17)33-5)27(10-11-32-4)26(31)25(22)30/h6-9,12-13,15,23,28-29H,10-11,14H2,1-5H3. The van der Waals surface area contributed by atoms with Gasteiger partial charge in [0.05, 0.1) is 31.9 Å². The fourth-order valence-electron chi connectivity index (χ4n) is 3.88. The Morgan fingerprint density at radius 2 is 1.82 bits per heavy atom. The molecule has 0 aliphatic carbocycles. The van der Waals surface area contributed by atoms with Gasteiger partial charge >= 0.3 is 0 Å². The number of phenols is 1. The zero-order chi connectivity index (χ0) is 25.0. The van der Waals surface area contributed by atoms with E-state index in [0.717, 1.165) is 5.56 Å². The minimum Gasteiger partial charge on any atom is -0.507 e. The molecule has 0 aromatic heterocycles. The highest BCUT2D eigenvalue weighted by Crippen LogP contribution is 2.42. The molecule has 1 fully saturated rings. The fourth-order valence-corrected chi connectivity index (χ4v) is 3.88. The lowest BCUT2D eigenvalue weighted by molar-refractivity contribution is -0.140. The van der Waals surface area contributed by atoms with Crippen molar-refractivity contribution in [2.24, 2.45) is 5.92 Å². The molecule has 1 atom stereocenters. The molecule has 0 saturated carbocycles. The molecule has 8 heteroatoms. The molecule has 8 nitrogen and oxygen atoms in total. The average Bonchev–Trinajstić information content (AvgIpc) is 3.06. The van der Waals surface area contributed by atoms with Crippen LogP contribution in [0.15, 0.2) is 42.0 Å². The smallest absolute Gasteiger partial charge is 0.295 e. The number of aromatic hydroxyl groups is 1. The molecule has 182 valence electrons. The molecule has 34 heavy (non-hydrogen) atoms. The molecule has 1 saturated heterocycles. The van der Waals surface area contributed by atoms with Gasteiger partial charge in [0.15, 0.2) is 11.5 Å². The third-order valence-electron chi connectivity index (χ3n) is 5.62. The van der Waals surface area contributed by atoms with E-state index < -0.39 is 17.7 Å². The number of Topliss-reactive ketones (excluding diaryl/α,β-unsaturated/α-hetero) is 1. The van der Waals surface area contributed by atoms with Gasteiger partial charge in [0.25, 0.3) is 11.7 Å². The number of nitrogens with zero attached hydrogens (tertiary/aromatic N) is 1. The summed E-state index contributed by atoms with van der Waals surface area (Å²) in [6.45, 7) is 6.87. The highest BCUT2D eigenvalue weighted by molar-refractivity contribution is 6.46. The summed E-state index contributed by atoms with van der Waals surface area (Å²) in [4.78, 5) is 27.3. The SMILES string of the molecule is COCCN1C(=O)C(=O)C(=C(O)c2ccc(OCC(C)C)c(C)c2)C1c1ccc(O)c(OC)c1. The third-order valence-corrected chi connectivity index (χ3v) is 5.62. The molecule has 1 amide bonds. The van der Waals surface area contributed by atoms with E-state index in [4.69, 9.17) is 14.2 Å². The van der Waals surface area contributed by atoms with Gasteiger partial charge in [-0.2, -0.15) is 0 Å². The van der Waals surface area contributed by atoms with Crippen molar-refractivity contribution in [3.05, 3.63) is 58.7 Å². The van der Waals surface area contributed by atoms with Crippen molar-refractivity contribution in [3.63, 3.8) is 0 Å². The van der Waals surface area contributed by atoms with Gasteiger partial charge < -0.3 is 29.3 Å². The minimum atomic E-state index is -0.873. The van der Waals surface area contributed by atoms with Gasteiger partial charge in [-0.25, -0.2) is 0 Å². The number of aliphatic hydroxyl groups is 1. The van der Waals surface area contributed by atoms with E-state index >= 15 is 0 Å². The maximum absolute atomic E-state index is 13.1. The molecule has 2 aromatic rings. The highest BCUT2D eigenvalue weighted by atomic mass is 16.5. The molecule has 0 radical (unpaired) electrons. The number of amides is 1. The topological polar surface area (TPSA) is 106 Å². The number of benzene rings is 2. The number of ether oxygens (including phenoxy) is 3. The first-order valence-corrected chi connectivity index (χ1v) is 11.1. The monoisotopic (exact) mass is 469 g/mol. The first-order chi connectivity index (χ1) is 16.2. The number of phenolic OH excluding ortho intramolecular Hbond substituents is 1. The number of hydrogen-bond donors (Lipinski definition) is 2. The molecule has 0 bridgehead atoms. The van der Waals surface area contributed by atoms with Crippen LogP contribution in [0.3, 0.4) is 0 Å². The summed E-state index contributed by atoms with van der Waals surface area (Å²) in [7, 11) is 2.91. The number of ketones is 1. The first-order valence-electron chi connectivity index (χ1n) is 11.1. The van der Waals surface area contributed by atoms with Crippen molar-refractivity contribution in [2.45, 2.75) is 26.8 Å². The van der Waals surface area contributed by atoms with Crippen LogP contribution in [-0.4, -0.2) is 60.8 Å². The Kier molecular flexibility index (Phi) is 7.83. The second kappa shape index (κ2) is 10.6. The van der Waals surface area contributed by atoms with Crippen LogP contribution in [0.4, 0.5) is 0 Å². The van der Waals surface area contributed by atoms with Crippen LogP contribution >= 0.6 is 0 Å². The van der Waals surface area contributed by atoms with Crippen molar-refractivity contribution in [1.29, 1.82) is 0 Å². The van der Waals surface area contributed by atoms with Crippen molar-refractivity contribution in [2.75, 3.05) is 34.0 Å². The normalized spacial score (nSPS) is 17.5. The van der Waals surface area contributed by atoms with E-state index in [1.807, 2.05) is 6.92 Å². The van der Waals surface area contributed by atoms with Gasteiger partial charge in [0.1, 0.15) is 11.5 Å². The van der Waals surface area contributed by atoms with Crippen LogP contribution in [0.2, 0.25) is 0 Å². The summed E-state index contributed by atoms with van der Waals surface area (Å²) in [5.74, 6) is -0.644. The van der Waals surface area contributed by atoms with Crippen LogP contribution in [0.1, 0.15) is 36.6 Å². The fraction of sp³-hybridized carbons (Fsp3) is 0.385. The van der Waals surface area contributed by atoms with Crippen molar-refractivity contribution < 1.29 is 34.0 Å². The lowest BCUT2D eigenvalue weighted by atomic mass is 9.94. The van der Waals surface area contributed by atoms with Crippen LogP contribution < -0.4 is 9.47 Å². The Hall–Kier alpha value is -3.52. The van der Waals surface area contributed by atoms with Gasteiger partial charge in [-0.1, -0.05) is 19.9 Å². The molecule has 1 heterocycles. The average molecular weight is 470 g/mol. The summed E-state index contributed by atoms with van der Waals surface area (Å²) >= 11 is 0. The summed E-state index contributed by atoms with van der Waals surface area (Å²) in [6, 6.07) is 8.82. The van der Waals surface area contributed by atoms with Crippen molar-refractivity contribution >= 4 is 17.4 Å². The van der Waals surface area contributed by atoms with Gasteiger partial charge in [-0.3, -0.25) is 9.59 Å². The zero-order valence-corrected chi connectivity index (χ0v) is 20.1. The van der Waals surface area contributed by atoms with Crippen molar-refractivity contribution in [1.82, 2.24) is 4.90 Å². The second-order valence-corrected chi connectivity index (χ2v) is 8.60. The van der Waals surface area contributed by atoms with Crippen LogP contribution in [-0.2, 0) is 14.3 Å². The van der Waals surface area contributed by atoms with E-state index in [1.54, 1.807) is 30.3 Å². The van der Waals surface area contributed by atoms with E-state index in [0.29, 0.717) is 29.4 Å². The summed E-state index contributed by atoms with van der Waals surface area (Å²) in [5, 5.41) is 21.2. The van der Waals surface area contributed by atoms with Crippen LogP contribution in [0, 0.1) is 12.8 Å². The summed E-state index contributed by atoms with van der Waals surface area (Å²) in [6.07, 6.45) is 0. The Morgan fingerprint density at radius 1 is 1.09 bits per heavy atom. The molecular formula is C26H31NO7. The largest absolute Gasteiger partial charge is 0.507 e. The number of methoxy groups -OCH3 is 2. The number of aliphatic hydroxyl groups excluding tert-OH is 1. The lowest BCUT2D eigenvalue weighted by Crippen LogP contribution is -2.32. The number of carbonyl (C=O) groups excluding carboxylic acids is 2. The maximum atomic E-state index is 13.1. The van der Waals surface area contributed by atoms with Crippen molar-refractivity contribution in [3.8, 4) is 17.2 Å². The van der Waals surface area contributed by atoms with Gasteiger partial charge in [0.2, 0.25) is 0 Å². The first kappa shape index (κ1) is 25.1. The Labute approximate surface area is 199 Å². The molecule has 1 aliphatic heterocycles. The predicted molar refractivity (Wildman–Crippen MR) is 127 cm³/mol. The quantitative estimate of drug-likeness (QED) is 0.327. The minimum absolute atomic E-state index is 0.0379. The Morgan fingerprint density at radius 3 is 2.44 bits per heavy atom. The van der Waals surface area contributed by atoms with Gasteiger partial charge in [-0.15, -0.1) is 0 Å². The Bertz CT molecular complexity index is 1110. The molecule has 1 unspecified atom stereocenters. The zero-order valence-electron chi connectivity index (χ0n) is 20.1. The molecular weight excluding hydrogens is 438 g/mol. The molecule has 2 N–H and O–H groups in total. The van der Waals surface area contributed by atoms with Crippen LogP contribution in [0.25, 0.3) is 5.76 Å². The molecule has 1 aliphatic rings. The maximum Gasteiger partial charge on any atom is 0.295 e. The van der Waals surface area contributed by atoms with Crippen LogP contribution in [0.5, 0.6) is 17.2 Å². The van der Waals surface area contributed by atoms with Gasteiger partial charge in [-0.05, 0) is 54.3 Å². The lowest BCUT2D eigenvalue weighted by Gasteiger charge is -2.25. The number of rotatable bonds is 9. The number of hydrogen-bond acceptors (Lipinski definition) is 7. The molecule has 2 aromatic carbocycles. The van der Waals surface area contributed by atoms with E-state index in [-0.39, 0.29) is 36.0 Å². The second-order valence-electron chi connectivity index (χ2n) is 8.60. The molecule has 3 rings (SSSR count). The molecule has 0 spiro atoms. The van der Waals surface area contributed by atoms with E-state index in [9.17, 15) is 19.8 Å².